The highest BCUT2D eigenvalue weighted by Gasteiger charge is 2.13. The molecule has 1 unspecified atom stereocenters. The van der Waals surface area contributed by atoms with Crippen LogP contribution in [0.4, 0.5) is 11.8 Å². The van der Waals surface area contributed by atoms with Gasteiger partial charge in [0.15, 0.2) is 0 Å². The SMILES string of the molecule is CC(C)C(CCO)Nc1ccnc(N(C)C)n1. The molecule has 1 heterocycles. The molecule has 5 heteroatoms. The van der Waals surface area contributed by atoms with Gasteiger partial charge in [-0.05, 0) is 18.4 Å². The van der Waals surface area contributed by atoms with Crippen LogP contribution in [-0.2, 0) is 0 Å². The maximum absolute atomic E-state index is 9.03. The van der Waals surface area contributed by atoms with Crippen molar-refractivity contribution in [2.45, 2.75) is 26.3 Å². The summed E-state index contributed by atoms with van der Waals surface area (Å²) in [6.45, 7) is 4.43. The van der Waals surface area contributed by atoms with Crippen LogP contribution in [0, 0.1) is 5.92 Å². The Labute approximate surface area is 103 Å². The summed E-state index contributed by atoms with van der Waals surface area (Å²) < 4.78 is 0. The predicted octanol–water partition coefficient (Wildman–Crippen LogP) is 1.36. The quantitative estimate of drug-likeness (QED) is 0.783. The Balaban J connectivity index is 2.75. The second-order valence-electron chi connectivity index (χ2n) is 4.64. The monoisotopic (exact) mass is 238 g/mol. The van der Waals surface area contributed by atoms with Crippen LogP contribution < -0.4 is 10.2 Å². The minimum atomic E-state index is 0.182. The van der Waals surface area contributed by atoms with Crippen molar-refractivity contribution >= 4 is 11.8 Å². The second-order valence-corrected chi connectivity index (χ2v) is 4.64. The molecule has 5 nitrogen and oxygen atoms in total. The van der Waals surface area contributed by atoms with Gasteiger partial charge < -0.3 is 15.3 Å². The third-order valence-corrected chi connectivity index (χ3v) is 2.62. The molecule has 1 aromatic rings. The number of hydrogen-bond acceptors (Lipinski definition) is 5. The Morgan fingerprint density at radius 2 is 2.12 bits per heavy atom. The van der Waals surface area contributed by atoms with Crippen molar-refractivity contribution in [1.29, 1.82) is 0 Å². The number of hydrogen-bond donors (Lipinski definition) is 2. The minimum Gasteiger partial charge on any atom is -0.396 e. The Morgan fingerprint density at radius 3 is 2.65 bits per heavy atom. The van der Waals surface area contributed by atoms with Gasteiger partial charge in [0.2, 0.25) is 5.95 Å². The molecule has 1 aromatic heterocycles. The smallest absolute Gasteiger partial charge is 0.226 e. The van der Waals surface area contributed by atoms with E-state index in [9.17, 15) is 0 Å². The number of nitrogens with one attached hydrogen (secondary N) is 1. The van der Waals surface area contributed by atoms with Gasteiger partial charge in [0.05, 0.1) is 0 Å². The average molecular weight is 238 g/mol. The van der Waals surface area contributed by atoms with E-state index in [-0.39, 0.29) is 12.6 Å². The molecule has 0 aliphatic heterocycles. The number of aliphatic hydroxyl groups excluding tert-OH is 1. The van der Waals surface area contributed by atoms with Gasteiger partial charge in [-0.1, -0.05) is 13.8 Å². The van der Waals surface area contributed by atoms with E-state index < -0.39 is 0 Å². The molecule has 0 fully saturated rings. The summed E-state index contributed by atoms with van der Waals surface area (Å²) in [4.78, 5) is 10.4. The highest BCUT2D eigenvalue weighted by atomic mass is 16.3. The number of anilines is 2. The van der Waals surface area contributed by atoms with Crippen molar-refractivity contribution in [3.8, 4) is 0 Å². The first kappa shape index (κ1) is 13.7. The van der Waals surface area contributed by atoms with E-state index >= 15 is 0 Å². The highest BCUT2D eigenvalue weighted by Crippen LogP contribution is 2.14. The summed E-state index contributed by atoms with van der Waals surface area (Å²) in [5.74, 6) is 1.93. The summed E-state index contributed by atoms with van der Waals surface area (Å²) in [6.07, 6.45) is 2.46. The molecule has 0 aromatic carbocycles. The van der Waals surface area contributed by atoms with Crippen molar-refractivity contribution in [3.05, 3.63) is 12.3 Å². The largest absolute Gasteiger partial charge is 0.396 e. The molecule has 0 radical (unpaired) electrons. The summed E-state index contributed by atoms with van der Waals surface area (Å²) in [6, 6.07) is 2.07. The fourth-order valence-electron chi connectivity index (χ4n) is 1.55. The van der Waals surface area contributed by atoms with E-state index in [4.69, 9.17) is 5.11 Å². The Hall–Kier alpha value is -1.36. The lowest BCUT2D eigenvalue weighted by molar-refractivity contribution is 0.267. The maximum atomic E-state index is 9.03. The molecule has 0 bridgehead atoms. The first-order valence-electron chi connectivity index (χ1n) is 5.92. The highest BCUT2D eigenvalue weighted by molar-refractivity contribution is 5.41. The number of nitrogens with zero attached hydrogens (tertiary/aromatic N) is 3. The molecule has 1 atom stereocenters. The Morgan fingerprint density at radius 1 is 1.41 bits per heavy atom. The zero-order chi connectivity index (χ0) is 12.8. The first-order valence-corrected chi connectivity index (χ1v) is 5.92. The van der Waals surface area contributed by atoms with Gasteiger partial charge in [-0.15, -0.1) is 0 Å². The van der Waals surface area contributed by atoms with Crippen molar-refractivity contribution in [1.82, 2.24) is 9.97 Å². The molecular formula is C12H22N4O. The van der Waals surface area contributed by atoms with Gasteiger partial charge in [-0.25, -0.2) is 4.98 Å². The van der Waals surface area contributed by atoms with Crippen LogP contribution in [0.15, 0.2) is 12.3 Å². The molecule has 2 N–H and O–H groups in total. The third kappa shape index (κ3) is 4.19. The summed E-state index contributed by atoms with van der Waals surface area (Å²) >= 11 is 0. The van der Waals surface area contributed by atoms with E-state index in [0.29, 0.717) is 11.9 Å². The van der Waals surface area contributed by atoms with Crippen LogP contribution in [0.5, 0.6) is 0 Å². The van der Waals surface area contributed by atoms with Crippen LogP contribution in [0.25, 0.3) is 0 Å². The molecule has 0 aliphatic carbocycles. The molecule has 0 saturated heterocycles. The number of aliphatic hydroxyl groups is 1. The fraction of sp³-hybridized carbons (Fsp3) is 0.667. The second kappa shape index (κ2) is 6.39. The number of aromatic nitrogens is 2. The number of rotatable bonds is 6. The molecule has 0 saturated carbocycles. The van der Waals surface area contributed by atoms with E-state index in [1.807, 2.05) is 25.1 Å². The zero-order valence-electron chi connectivity index (χ0n) is 11.0. The maximum Gasteiger partial charge on any atom is 0.226 e. The lowest BCUT2D eigenvalue weighted by atomic mass is 10.0. The van der Waals surface area contributed by atoms with Crippen LogP contribution in [0.2, 0.25) is 0 Å². The average Bonchev–Trinajstić information content (AvgIpc) is 2.28. The van der Waals surface area contributed by atoms with Gasteiger partial charge in [0.25, 0.3) is 0 Å². The van der Waals surface area contributed by atoms with Crippen LogP contribution in [0.1, 0.15) is 20.3 Å². The molecule has 96 valence electrons. The molecule has 1 rings (SSSR count). The molecule has 0 aliphatic rings. The fourth-order valence-corrected chi connectivity index (χ4v) is 1.55. The predicted molar refractivity (Wildman–Crippen MR) is 70.3 cm³/mol. The van der Waals surface area contributed by atoms with Crippen molar-refractivity contribution in [2.75, 3.05) is 30.9 Å². The van der Waals surface area contributed by atoms with E-state index in [0.717, 1.165) is 12.2 Å². The van der Waals surface area contributed by atoms with Crippen molar-refractivity contribution < 1.29 is 5.11 Å². The Kier molecular flexibility index (Phi) is 5.15. The van der Waals surface area contributed by atoms with Crippen molar-refractivity contribution in [3.63, 3.8) is 0 Å². The van der Waals surface area contributed by atoms with Crippen LogP contribution >= 0.6 is 0 Å². The standard InChI is InChI=1S/C12H22N4O/c1-9(2)10(6-8-17)14-11-5-7-13-12(15-11)16(3)4/h5,7,9-10,17H,6,8H2,1-4H3,(H,13,14,15). The van der Waals surface area contributed by atoms with Crippen LogP contribution in [-0.4, -0.2) is 41.8 Å². The van der Waals surface area contributed by atoms with E-state index in [2.05, 4.69) is 29.1 Å². The molecule has 0 spiro atoms. The third-order valence-electron chi connectivity index (χ3n) is 2.62. The van der Waals surface area contributed by atoms with Gasteiger partial charge in [-0.3, -0.25) is 0 Å². The lowest BCUT2D eigenvalue weighted by Crippen LogP contribution is -2.27. The van der Waals surface area contributed by atoms with Crippen LogP contribution in [0.3, 0.4) is 0 Å². The zero-order valence-corrected chi connectivity index (χ0v) is 11.0. The normalized spacial score (nSPS) is 12.6. The Bertz CT molecular complexity index is 341. The summed E-state index contributed by atoms with van der Waals surface area (Å²) in [5, 5.41) is 12.4. The summed E-state index contributed by atoms with van der Waals surface area (Å²) in [5.41, 5.74) is 0. The van der Waals surface area contributed by atoms with Gasteiger partial charge in [-0.2, -0.15) is 4.98 Å². The summed E-state index contributed by atoms with van der Waals surface area (Å²) in [7, 11) is 3.82. The lowest BCUT2D eigenvalue weighted by Gasteiger charge is -2.22. The van der Waals surface area contributed by atoms with E-state index in [1.165, 1.54) is 0 Å². The van der Waals surface area contributed by atoms with Gasteiger partial charge in [0.1, 0.15) is 5.82 Å². The van der Waals surface area contributed by atoms with Gasteiger partial charge in [0, 0.05) is 32.9 Å². The molecular weight excluding hydrogens is 216 g/mol. The topological polar surface area (TPSA) is 61.3 Å². The molecule has 0 amide bonds. The first-order chi connectivity index (χ1) is 8.04. The van der Waals surface area contributed by atoms with E-state index in [1.54, 1.807) is 6.20 Å². The molecule has 17 heavy (non-hydrogen) atoms. The minimum absolute atomic E-state index is 0.182. The van der Waals surface area contributed by atoms with Gasteiger partial charge >= 0.3 is 0 Å². The van der Waals surface area contributed by atoms with Crippen molar-refractivity contribution in [2.24, 2.45) is 5.92 Å².